The molecule has 0 N–H and O–H groups in total. The molecule has 58 valence electrons. The van der Waals surface area contributed by atoms with Crippen molar-refractivity contribution in [1.82, 2.24) is 0 Å². The van der Waals surface area contributed by atoms with Gasteiger partial charge in [0.15, 0.2) is 15.0 Å². The predicted octanol–water partition coefficient (Wildman–Crippen LogP) is 0.735. The van der Waals surface area contributed by atoms with Crippen LogP contribution in [-0.4, -0.2) is 13.0 Å². The van der Waals surface area contributed by atoms with Crippen LogP contribution >= 0.6 is 0 Å². The molecule has 0 aromatic heterocycles. The van der Waals surface area contributed by atoms with Gasteiger partial charge in [0, 0.05) is 6.08 Å². The molecule has 11 heavy (non-hydrogen) atoms. The van der Waals surface area contributed by atoms with E-state index < -0.39 is 10.1 Å². The Hall–Kier alpha value is -0.960. The van der Waals surface area contributed by atoms with Crippen molar-refractivity contribution >= 4 is 10.1 Å². The van der Waals surface area contributed by atoms with Gasteiger partial charge in [-0.3, -0.25) is 0 Å². The SMILES string of the molecule is CC1=[C+]C=C(S(=O)(=O)[O-])C=C1. The molecule has 0 aromatic rings. The topological polar surface area (TPSA) is 57.2 Å². The van der Waals surface area contributed by atoms with E-state index in [4.69, 9.17) is 0 Å². The molecule has 3 nitrogen and oxygen atoms in total. The fourth-order valence-corrected chi connectivity index (χ4v) is 1.08. The largest absolute Gasteiger partial charge is 0.733 e. The average molecular weight is 170 g/mol. The second-order valence-corrected chi connectivity index (χ2v) is 3.54. The summed E-state index contributed by atoms with van der Waals surface area (Å²) >= 11 is 0. The minimum absolute atomic E-state index is 0.233. The molecular weight excluding hydrogens is 164 g/mol. The van der Waals surface area contributed by atoms with E-state index in [0.29, 0.717) is 0 Å². The summed E-state index contributed by atoms with van der Waals surface area (Å²) in [6, 6.07) is 0. The van der Waals surface area contributed by atoms with Crippen LogP contribution in [0.2, 0.25) is 0 Å². The molecule has 0 aliphatic heterocycles. The molecular formula is C7H6O3S. The first kappa shape index (κ1) is 8.14. The molecule has 0 spiro atoms. The minimum atomic E-state index is -4.30. The summed E-state index contributed by atoms with van der Waals surface area (Å²) in [7, 11) is -4.30. The first-order valence-electron chi connectivity index (χ1n) is 2.94. The van der Waals surface area contributed by atoms with E-state index in [1.807, 2.05) is 0 Å². The van der Waals surface area contributed by atoms with Gasteiger partial charge in [-0.1, -0.05) is 0 Å². The van der Waals surface area contributed by atoms with E-state index in [9.17, 15) is 13.0 Å². The highest BCUT2D eigenvalue weighted by molar-refractivity contribution is 7.89. The van der Waals surface area contributed by atoms with Crippen LogP contribution in [0.4, 0.5) is 0 Å². The lowest BCUT2D eigenvalue weighted by atomic mass is 10.2. The molecule has 1 rings (SSSR count). The normalized spacial score (nSPS) is 16.9. The van der Waals surface area contributed by atoms with Gasteiger partial charge in [0.1, 0.15) is 11.6 Å². The summed E-state index contributed by atoms with van der Waals surface area (Å²) < 4.78 is 31.1. The van der Waals surface area contributed by atoms with Crippen LogP contribution < -0.4 is 0 Å². The van der Waals surface area contributed by atoms with Gasteiger partial charge in [-0.05, 0) is 6.92 Å². The number of allylic oxidation sites excluding steroid dienone is 5. The van der Waals surface area contributed by atoms with Crippen LogP contribution in [0.1, 0.15) is 6.92 Å². The molecule has 0 saturated heterocycles. The molecule has 0 radical (unpaired) electrons. The van der Waals surface area contributed by atoms with E-state index >= 15 is 0 Å². The second kappa shape index (κ2) is 2.58. The van der Waals surface area contributed by atoms with E-state index in [-0.39, 0.29) is 4.91 Å². The van der Waals surface area contributed by atoms with Gasteiger partial charge in [0.25, 0.3) is 0 Å². The molecule has 0 unspecified atom stereocenters. The highest BCUT2D eigenvalue weighted by atomic mass is 32.2. The molecule has 0 aromatic carbocycles. The van der Waals surface area contributed by atoms with Crippen LogP contribution in [0.3, 0.4) is 0 Å². The Kier molecular flexibility index (Phi) is 1.91. The highest BCUT2D eigenvalue weighted by Gasteiger charge is 2.12. The Morgan fingerprint density at radius 2 is 2.09 bits per heavy atom. The van der Waals surface area contributed by atoms with Gasteiger partial charge < -0.3 is 4.55 Å². The van der Waals surface area contributed by atoms with Crippen LogP contribution in [0.15, 0.2) is 28.7 Å². The summed E-state index contributed by atoms with van der Waals surface area (Å²) in [6.45, 7) is 1.77. The van der Waals surface area contributed by atoms with Gasteiger partial charge in [-0.2, -0.15) is 0 Å². The van der Waals surface area contributed by atoms with Crippen molar-refractivity contribution < 1.29 is 13.0 Å². The molecule has 0 saturated carbocycles. The first-order valence-corrected chi connectivity index (χ1v) is 4.35. The van der Waals surface area contributed by atoms with E-state index in [2.05, 4.69) is 6.08 Å². The third kappa shape index (κ3) is 1.98. The Labute approximate surface area is 65.5 Å². The fraction of sp³-hybridized carbons (Fsp3) is 0.143. The zero-order valence-electron chi connectivity index (χ0n) is 5.87. The smallest absolute Gasteiger partial charge is 0.174 e. The van der Waals surface area contributed by atoms with Gasteiger partial charge in [-0.25, -0.2) is 8.42 Å². The summed E-state index contributed by atoms with van der Waals surface area (Å²) in [4.78, 5) is -0.233. The average Bonchev–Trinajstić information content (AvgIpc) is 1.86. The summed E-state index contributed by atoms with van der Waals surface area (Å²) in [5.41, 5.74) is 0.803. The number of hydrogen-bond donors (Lipinski definition) is 0. The van der Waals surface area contributed by atoms with Gasteiger partial charge >= 0.3 is 0 Å². The Morgan fingerprint density at radius 3 is 2.45 bits per heavy atom. The lowest BCUT2D eigenvalue weighted by molar-refractivity contribution is 0.471. The van der Waals surface area contributed by atoms with Gasteiger partial charge in [0.2, 0.25) is 0 Å². The molecule has 0 bridgehead atoms. The molecule has 0 fully saturated rings. The molecule has 1 aliphatic rings. The van der Waals surface area contributed by atoms with Crippen molar-refractivity contribution in [3.63, 3.8) is 0 Å². The second-order valence-electron chi connectivity index (χ2n) is 2.16. The third-order valence-electron chi connectivity index (χ3n) is 1.23. The molecule has 0 atom stereocenters. The summed E-state index contributed by atoms with van der Waals surface area (Å²) in [6.07, 6.45) is 6.61. The van der Waals surface area contributed by atoms with Gasteiger partial charge in [-0.15, -0.1) is 0 Å². The lowest BCUT2D eigenvalue weighted by Crippen LogP contribution is -2.01. The monoisotopic (exact) mass is 170 g/mol. The minimum Gasteiger partial charge on any atom is -0.733 e. The Bertz CT molecular complexity index is 344. The zero-order chi connectivity index (χ0) is 8.48. The highest BCUT2D eigenvalue weighted by Crippen LogP contribution is 2.12. The van der Waals surface area contributed by atoms with Crippen molar-refractivity contribution in [3.05, 3.63) is 34.8 Å². The van der Waals surface area contributed by atoms with Crippen molar-refractivity contribution in [3.8, 4) is 0 Å². The molecule has 1 aliphatic carbocycles. The van der Waals surface area contributed by atoms with Crippen molar-refractivity contribution in [2.75, 3.05) is 0 Å². The van der Waals surface area contributed by atoms with E-state index in [1.54, 1.807) is 6.92 Å². The molecule has 0 heterocycles. The molecule has 0 amide bonds. The standard InChI is InChI=1S/C7H6O3S/c1-6-2-4-7(5-3-6)11(8,9)10/h2,4-5H,1H3. The lowest BCUT2D eigenvalue weighted by Gasteiger charge is -2.01. The van der Waals surface area contributed by atoms with Gasteiger partial charge in [0.05, 0.1) is 12.2 Å². The van der Waals surface area contributed by atoms with E-state index in [0.717, 1.165) is 5.57 Å². The molecule has 4 heteroatoms. The third-order valence-corrected chi connectivity index (χ3v) is 2.06. The van der Waals surface area contributed by atoms with E-state index in [1.165, 1.54) is 18.2 Å². The van der Waals surface area contributed by atoms with Crippen LogP contribution in [0.25, 0.3) is 0 Å². The van der Waals surface area contributed by atoms with Crippen LogP contribution in [0.5, 0.6) is 0 Å². The maximum Gasteiger partial charge on any atom is 0.174 e. The predicted molar refractivity (Wildman–Crippen MR) is 39.4 cm³/mol. The first-order chi connectivity index (χ1) is 5.00. The van der Waals surface area contributed by atoms with Crippen LogP contribution in [0, 0.1) is 6.08 Å². The van der Waals surface area contributed by atoms with Crippen molar-refractivity contribution in [2.45, 2.75) is 6.92 Å². The quantitative estimate of drug-likeness (QED) is 0.430. The zero-order valence-corrected chi connectivity index (χ0v) is 6.68. The maximum atomic E-state index is 10.4. The van der Waals surface area contributed by atoms with Crippen LogP contribution in [-0.2, 0) is 10.1 Å². The number of hydrogen-bond acceptors (Lipinski definition) is 3. The summed E-state index contributed by atoms with van der Waals surface area (Å²) in [5, 5.41) is 0. The maximum absolute atomic E-state index is 10.4. The Morgan fingerprint density at radius 1 is 1.45 bits per heavy atom. The fourth-order valence-electron chi connectivity index (χ4n) is 0.644. The summed E-state index contributed by atoms with van der Waals surface area (Å²) in [5.74, 6) is 0. The van der Waals surface area contributed by atoms with Crippen molar-refractivity contribution in [1.29, 1.82) is 0 Å². The number of rotatable bonds is 1. The van der Waals surface area contributed by atoms with Crippen molar-refractivity contribution in [2.24, 2.45) is 0 Å². The Balaban J connectivity index is 3.08.